The van der Waals surface area contributed by atoms with Crippen molar-refractivity contribution in [3.8, 4) is 0 Å². The van der Waals surface area contributed by atoms with Crippen LogP contribution in [0.2, 0.25) is 0 Å². The van der Waals surface area contributed by atoms with Crippen LogP contribution in [-0.4, -0.2) is 34.7 Å². The molecule has 1 fully saturated rings. The molecule has 1 saturated heterocycles. The van der Waals surface area contributed by atoms with Crippen molar-refractivity contribution in [1.29, 1.82) is 0 Å². The average Bonchev–Trinajstić information content (AvgIpc) is 2.99. The Morgan fingerprint density at radius 2 is 2.12 bits per heavy atom. The lowest BCUT2D eigenvalue weighted by atomic mass is 10.0. The molecule has 2 aromatic rings. The molecule has 2 aliphatic rings. The molecular formula is C20H22F2N4. The Balaban J connectivity index is 1.40. The maximum atomic E-state index is 13.4. The minimum absolute atomic E-state index is 0.313. The summed E-state index contributed by atoms with van der Waals surface area (Å²) in [6, 6.07) is 6.58. The molecule has 1 aromatic carbocycles. The molecule has 1 aromatic heterocycles. The number of pyridine rings is 1. The van der Waals surface area contributed by atoms with Gasteiger partial charge >= 0.3 is 0 Å². The smallest absolute Gasteiger partial charge is 0.159 e. The second-order valence-corrected chi connectivity index (χ2v) is 7.09. The summed E-state index contributed by atoms with van der Waals surface area (Å²) < 4.78 is 26.5. The molecule has 26 heavy (non-hydrogen) atoms. The third-order valence-electron chi connectivity index (χ3n) is 5.09. The van der Waals surface area contributed by atoms with E-state index >= 15 is 0 Å². The summed E-state index contributed by atoms with van der Waals surface area (Å²) in [5, 5.41) is 3.57. The molecule has 4 nitrogen and oxygen atoms in total. The Bertz CT molecular complexity index is 850. The predicted octanol–water partition coefficient (Wildman–Crippen LogP) is 3.76. The number of benzene rings is 1. The Hall–Kier alpha value is -2.34. The Morgan fingerprint density at radius 1 is 1.23 bits per heavy atom. The number of fused-ring (bicyclic) bond motifs is 1. The number of piperidine rings is 1. The van der Waals surface area contributed by atoms with Crippen LogP contribution in [0.3, 0.4) is 0 Å². The van der Waals surface area contributed by atoms with E-state index in [0.29, 0.717) is 19.1 Å². The Morgan fingerprint density at radius 3 is 2.96 bits per heavy atom. The van der Waals surface area contributed by atoms with E-state index in [1.807, 2.05) is 13.1 Å². The zero-order chi connectivity index (χ0) is 18.1. The van der Waals surface area contributed by atoms with Crippen LogP contribution in [0.1, 0.15) is 36.6 Å². The molecule has 0 radical (unpaired) electrons. The molecule has 1 atom stereocenters. The number of hydrogen-bond donors (Lipinski definition) is 1. The van der Waals surface area contributed by atoms with Crippen LogP contribution in [0, 0.1) is 11.6 Å². The van der Waals surface area contributed by atoms with E-state index < -0.39 is 11.6 Å². The number of aliphatic imine (C=N–C) groups is 1. The van der Waals surface area contributed by atoms with Gasteiger partial charge in [0, 0.05) is 30.4 Å². The summed E-state index contributed by atoms with van der Waals surface area (Å²) in [5.74, 6) is -1.58. The van der Waals surface area contributed by atoms with Crippen molar-refractivity contribution in [2.45, 2.75) is 38.9 Å². The van der Waals surface area contributed by atoms with E-state index in [-0.39, 0.29) is 0 Å². The van der Waals surface area contributed by atoms with Gasteiger partial charge in [0.1, 0.15) is 0 Å². The van der Waals surface area contributed by atoms with Crippen LogP contribution in [0.25, 0.3) is 0 Å². The zero-order valence-corrected chi connectivity index (χ0v) is 14.8. The normalized spacial score (nSPS) is 20.0. The highest BCUT2D eigenvalue weighted by molar-refractivity contribution is 6.02. The van der Waals surface area contributed by atoms with Gasteiger partial charge in [0.2, 0.25) is 0 Å². The maximum Gasteiger partial charge on any atom is 0.159 e. The van der Waals surface area contributed by atoms with Crippen LogP contribution in [0.5, 0.6) is 0 Å². The van der Waals surface area contributed by atoms with Gasteiger partial charge in [0.25, 0.3) is 0 Å². The number of likely N-dealkylation sites (tertiary alicyclic amines) is 1. The third-order valence-corrected chi connectivity index (χ3v) is 5.09. The van der Waals surface area contributed by atoms with Gasteiger partial charge in [-0.1, -0.05) is 6.07 Å². The SMILES string of the molecule is CC1=NCc2ncc(NC3CCCN(Cc4ccc(F)c(F)c4)C3)cc21. The summed E-state index contributed by atoms with van der Waals surface area (Å²) in [7, 11) is 0. The van der Waals surface area contributed by atoms with Gasteiger partial charge in [0.05, 0.1) is 24.1 Å². The highest BCUT2D eigenvalue weighted by atomic mass is 19.2. The first kappa shape index (κ1) is 17.1. The minimum Gasteiger partial charge on any atom is -0.380 e. The lowest BCUT2D eigenvalue weighted by Gasteiger charge is -2.33. The maximum absolute atomic E-state index is 13.4. The fraction of sp³-hybridized carbons (Fsp3) is 0.400. The van der Waals surface area contributed by atoms with Gasteiger partial charge in [0.15, 0.2) is 11.6 Å². The van der Waals surface area contributed by atoms with Crippen molar-refractivity contribution in [1.82, 2.24) is 9.88 Å². The van der Waals surface area contributed by atoms with Gasteiger partial charge < -0.3 is 5.32 Å². The Kier molecular flexibility index (Phi) is 4.68. The second kappa shape index (κ2) is 7.11. The molecule has 0 bridgehead atoms. The van der Waals surface area contributed by atoms with Crippen LogP contribution < -0.4 is 5.32 Å². The first-order valence-electron chi connectivity index (χ1n) is 9.01. The number of nitrogens with one attached hydrogen (secondary N) is 1. The lowest BCUT2D eigenvalue weighted by Crippen LogP contribution is -2.41. The molecule has 1 unspecified atom stereocenters. The molecular weight excluding hydrogens is 334 g/mol. The number of halogens is 2. The van der Waals surface area contributed by atoms with E-state index in [9.17, 15) is 8.78 Å². The Labute approximate surface area is 152 Å². The third kappa shape index (κ3) is 3.60. The summed E-state index contributed by atoms with van der Waals surface area (Å²) in [6.45, 7) is 5.15. The number of rotatable bonds is 4. The molecule has 0 aliphatic carbocycles. The highest BCUT2D eigenvalue weighted by Crippen LogP contribution is 2.23. The van der Waals surface area contributed by atoms with Crippen LogP contribution >= 0.6 is 0 Å². The highest BCUT2D eigenvalue weighted by Gasteiger charge is 2.21. The van der Waals surface area contributed by atoms with Gasteiger partial charge in [-0.15, -0.1) is 0 Å². The van der Waals surface area contributed by atoms with Gasteiger partial charge in [-0.25, -0.2) is 8.78 Å². The van der Waals surface area contributed by atoms with Crippen molar-refractivity contribution in [2.75, 3.05) is 18.4 Å². The largest absolute Gasteiger partial charge is 0.380 e. The molecule has 0 spiro atoms. The summed E-state index contributed by atoms with van der Waals surface area (Å²) in [4.78, 5) is 11.2. The van der Waals surface area contributed by atoms with Crippen molar-refractivity contribution in [3.05, 3.63) is 58.9 Å². The van der Waals surface area contributed by atoms with Gasteiger partial charge in [-0.2, -0.15) is 0 Å². The number of anilines is 1. The molecule has 1 N–H and O–H groups in total. The molecule has 2 aliphatic heterocycles. The molecule has 136 valence electrons. The summed E-state index contributed by atoms with van der Waals surface area (Å²) >= 11 is 0. The first-order valence-corrected chi connectivity index (χ1v) is 9.01. The van der Waals surface area contributed by atoms with Gasteiger partial charge in [-0.3, -0.25) is 14.9 Å². The van der Waals surface area contributed by atoms with Crippen molar-refractivity contribution in [2.24, 2.45) is 4.99 Å². The van der Waals surface area contributed by atoms with E-state index in [4.69, 9.17) is 0 Å². The topological polar surface area (TPSA) is 40.5 Å². The van der Waals surface area contributed by atoms with Crippen LogP contribution in [0.15, 0.2) is 35.5 Å². The fourth-order valence-corrected chi connectivity index (χ4v) is 3.74. The standard InChI is InChI=1S/C20H22F2N4/c1-13-17-8-16(9-24-20(17)10-23-13)25-15-3-2-6-26(12-15)11-14-4-5-18(21)19(22)7-14/h4-5,7-9,15,25H,2-3,6,10-12H2,1H3. The van der Waals surface area contributed by atoms with E-state index in [2.05, 4.69) is 26.3 Å². The van der Waals surface area contributed by atoms with Crippen LogP contribution in [-0.2, 0) is 13.1 Å². The molecule has 4 rings (SSSR count). The van der Waals surface area contributed by atoms with Crippen LogP contribution in [0.4, 0.5) is 14.5 Å². The second-order valence-electron chi connectivity index (χ2n) is 7.09. The monoisotopic (exact) mass is 356 g/mol. The van der Waals surface area contributed by atoms with E-state index in [1.54, 1.807) is 6.07 Å². The first-order chi connectivity index (χ1) is 12.6. The molecule has 3 heterocycles. The lowest BCUT2D eigenvalue weighted by molar-refractivity contribution is 0.208. The molecule has 0 saturated carbocycles. The zero-order valence-electron chi connectivity index (χ0n) is 14.8. The van der Waals surface area contributed by atoms with E-state index in [0.717, 1.165) is 54.2 Å². The fourth-order valence-electron chi connectivity index (χ4n) is 3.74. The molecule has 0 amide bonds. The van der Waals surface area contributed by atoms with Gasteiger partial charge in [-0.05, 0) is 50.1 Å². The van der Waals surface area contributed by atoms with Crippen molar-refractivity contribution >= 4 is 11.4 Å². The number of aromatic nitrogens is 1. The van der Waals surface area contributed by atoms with E-state index in [1.165, 1.54) is 12.1 Å². The molecule has 6 heteroatoms. The average molecular weight is 356 g/mol. The quantitative estimate of drug-likeness (QED) is 0.907. The number of nitrogens with zero attached hydrogens (tertiary/aromatic N) is 3. The summed E-state index contributed by atoms with van der Waals surface area (Å²) in [5.41, 5.74) is 5.02. The van der Waals surface area contributed by atoms with Crippen molar-refractivity contribution < 1.29 is 8.78 Å². The summed E-state index contributed by atoms with van der Waals surface area (Å²) in [6.07, 6.45) is 4.03. The van der Waals surface area contributed by atoms with Crippen molar-refractivity contribution in [3.63, 3.8) is 0 Å². The minimum atomic E-state index is -0.796. The number of hydrogen-bond acceptors (Lipinski definition) is 4. The predicted molar refractivity (Wildman–Crippen MR) is 98.4 cm³/mol.